The Kier molecular flexibility index (Phi) is 6.02. The zero-order chi connectivity index (χ0) is 20.3. The van der Waals surface area contributed by atoms with Gasteiger partial charge in [0.2, 0.25) is 5.88 Å². The molecule has 0 aliphatic carbocycles. The van der Waals surface area contributed by atoms with E-state index in [4.69, 9.17) is 9.47 Å². The van der Waals surface area contributed by atoms with E-state index in [2.05, 4.69) is 10.3 Å². The molecule has 1 aromatic heterocycles. The van der Waals surface area contributed by atoms with Gasteiger partial charge >= 0.3 is 5.97 Å². The Morgan fingerprint density at radius 1 is 1.21 bits per heavy atom. The number of allylic oxidation sites excluding steroid dienone is 1. The lowest BCUT2D eigenvalue weighted by atomic mass is 9.80. The number of rotatable bonds is 6. The first kappa shape index (κ1) is 19.9. The lowest BCUT2D eigenvalue weighted by molar-refractivity contribution is -0.138. The van der Waals surface area contributed by atoms with Gasteiger partial charge in [0.05, 0.1) is 35.5 Å². The molecular formula is C23H28N2O3. The van der Waals surface area contributed by atoms with Gasteiger partial charge in [0, 0.05) is 11.9 Å². The van der Waals surface area contributed by atoms with Crippen LogP contribution in [-0.2, 0) is 9.53 Å². The number of aryl methyl sites for hydroxylation is 1. The number of pyridine rings is 1. The van der Waals surface area contributed by atoms with Crippen molar-refractivity contribution in [3.63, 3.8) is 0 Å². The number of nitrogens with one attached hydrogen (secondary N) is 1. The number of anilines is 1. The van der Waals surface area contributed by atoms with Crippen molar-refractivity contribution in [1.82, 2.24) is 4.98 Å². The van der Waals surface area contributed by atoms with Crippen molar-refractivity contribution in [3.05, 3.63) is 64.5 Å². The molecule has 0 amide bonds. The number of carbonyl (C=O) groups is 1. The number of hydrogen-bond acceptors (Lipinski definition) is 5. The van der Waals surface area contributed by atoms with Gasteiger partial charge in [-0.25, -0.2) is 9.78 Å². The first-order valence-corrected chi connectivity index (χ1v) is 9.86. The Labute approximate surface area is 166 Å². The van der Waals surface area contributed by atoms with Gasteiger partial charge in [0.15, 0.2) is 0 Å². The third-order valence-electron chi connectivity index (χ3n) is 4.78. The highest BCUT2D eigenvalue weighted by molar-refractivity contribution is 5.95. The van der Waals surface area contributed by atoms with Crippen LogP contribution >= 0.6 is 0 Å². The second-order valence-corrected chi connectivity index (χ2v) is 7.14. The van der Waals surface area contributed by atoms with Crippen molar-refractivity contribution in [2.75, 3.05) is 11.9 Å². The lowest BCUT2D eigenvalue weighted by Gasteiger charge is -2.33. The van der Waals surface area contributed by atoms with Gasteiger partial charge < -0.3 is 14.8 Å². The van der Waals surface area contributed by atoms with Crippen LogP contribution in [0.15, 0.2) is 47.8 Å². The molecular weight excluding hydrogens is 352 g/mol. The Hall–Kier alpha value is -2.82. The summed E-state index contributed by atoms with van der Waals surface area (Å²) < 4.78 is 11.5. The summed E-state index contributed by atoms with van der Waals surface area (Å²) in [4.78, 5) is 17.6. The van der Waals surface area contributed by atoms with E-state index in [1.807, 2.05) is 71.1 Å². The maximum absolute atomic E-state index is 13.0. The van der Waals surface area contributed by atoms with Crippen LogP contribution in [0.3, 0.4) is 0 Å². The van der Waals surface area contributed by atoms with Gasteiger partial charge in [-0.1, -0.05) is 37.3 Å². The number of nitrogens with zero attached hydrogens (tertiary/aromatic N) is 1. The number of esters is 1. The van der Waals surface area contributed by atoms with Crippen molar-refractivity contribution in [2.24, 2.45) is 0 Å². The number of benzene rings is 1. The second-order valence-electron chi connectivity index (χ2n) is 7.14. The molecule has 0 fully saturated rings. The van der Waals surface area contributed by atoms with Crippen LogP contribution in [0, 0.1) is 6.92 Å². The van der Waals surface area contributed by atoms with Gasteiger partial charge in [0.25, 0.3) is 0 Å². The third-order valence-corrected chi connectivity index (χ3v) is 4.78. The van der Waals surface area contributed by atoms with E-state index in [0.29, 0.717) is 24.5 Å². The molecule has 0 radical (unpaired) electrons. The highest BCUT2D eigenvalue weighted by atomic mass is 16.5. The standard InChI is InChI=1S/C23H28N2O3/c1-6-17-19(23(26)27-7-2)18(16-11-9-8-10-12-16)20-21(25-17)15(5)13-24-22(20)28-14(3)4/h8-14,18,25H,6-7H2,1-5H3. The largest absolute Gasteiger partial charge is 0.475 e. The van der Waals surface area contributed by atoms with Crippen LogP contribution < -0.4 is 10.1 Å². The van der Waals surface area contributed by atoms with Crippen LogP contribution in [0.2, 0.25) is 0 Å². The minimum absolute atomic E-state index is 0.0293. The Morgan fingerprint density at radius 2 is 1.93 bits per heavy atom. The van der Waals surface area contributed by atoms with Crippen LogP contribution in [0.25, 0.3) is 0 Å². The second kappa shape index (κ2) is 8.46. The maximum atomic E-state index is 13.0. The SMILES string of the molecule is CCOC(=O)C1=C(CC)Nc2c(C)cnc(OC(C)C)c2C1c1ccccc1. The summed E-state index contributed by atoms with van der Waals surface area (Å²) in [6.07, 6.45) is 2.48. The van der Waals surface area contributed by atoms with Crippen LogP contribution in [-0.4, -0.2) is 23.7 Å². The molecule has 1 atom stereocenters. The summed E-state index contributed by atoms with van der Waals surface area (Å²) in [5.41, 5.74) is 5.39. The monoisotopic (exact) mass is 380 g/mol. The topological polar surface area (TPSA) is 60.5 Å². The lowest BCUT2D eigenvalue weighted by Crippen LogP contribution is -2.27. The molecule has 2 aromatic rings. The van der Waals surface area contributed by atoms with Crippen LogP contribution in [0.5, 0.6) is 5.88 Å². The normalized spacial score (nSPS) is 15.9. The van der Waals surface area contributed by atoms with Gasteiger partial charge in [0.1, 0.15) is 0 Å². The fraction of sp³-hybridized carbons (Fsp3) is 0.391. The van der Waals surface area contributed by atoms with Crippen LogP contribution in [0.1, 0.15) is 56.7 Å². The summed E-state index contributed by atoms with van der Waals surface area (Å²) in [5, 5.41) is 3.48. The molecule has 0 saturated heterocycles. The first-order chi connectivity index (χ1) is 13.5. The summed E-state index contributed by atoms with van der Waals surface area (Å²) in [5.74, 6) is -0.0511. The highest BCUT2D eigenvalue weighted by Crippen LogP contribution is 2.47. The van der Waals surface area contributed by atoms with E-state index in [9.17, 15) is 4.79 Å². The van der Waals surface area contributed by atoms with E-state index in [0.717, 1.165) is 28.1 Å². The zero-order valence-corrected chi connectivity index (χ0v) is 17.2. The van der Waals surface area contributed by atoms with Crippen molar-refractivity contribution >= 4 is 11.7 Å². The summed E-state index contributed by atoms with van der Waals surface area (Å²) in [6, 6.07) is 10.0. The van der Waals surface area contributed by atoms with E-state index in [1.165, 1.54) is 0 Å². The van der Waals surface area contributed by atoms with E-state index in [1.54, 1.807) is 0 Å². The summed E-state index contributed by atoms with van der Waals surface area (Å²) in [7, 11) is 0. The number of ether oxygens (including phenoxy) is 2. The van der Waals surface area contributed by atoms with Gasteiger partial charge in [-0.2, -0.15) is 0 Å². The molecule has 1 N–H and O–H groups in total. The fourth-order valence-corrected chi connectivity index (χ4v) is 3.60. The highest BCUT2D eigenvalue weighted by Gasteiger charge is 2.37. The summed E-state index contributed by atoms with van der Waals surface area (Å²) >= 11 is 0. The van der Waals surface area contributed by atoms with Crippen molar-refractivity contribution in [1.29, 1.82) is 0 Å². The molecule has 1 aliphatic heterocycles. The molecule has 1 aromatic carbocycles. The number of aromatic nitrogens is 1. The predicted molar refractivity (Wildman–Crippen MR) is 111 cm³/mol. The van der Waals surface area contributed by atoms with Crippen molar-refractivity contribution < 1.29 is 14.3 Å². The Bertz CT molecular complexity index is 888. The molecule has 148 valence electrons. The van der Waals surface area contributed by atoms with E-state index in [-0.39, 0.29) is 18.0 Å². The molecule has 0 bridgehead atoms. The number of carbonyl (C=O) groups excluding carboxylic acids is 1. The minimum atomic E-state index is -0.302. The molecule has 5 nitrogen and oxygen atoms in total. The average molecular weight is 380 g/mol. The summed E-state index contributed by atoms with van der Waals surface area (Å²) in [6.45, 7) is 10.2. The van der Waals surface area contributed by atoms with Crippen molar-refractivity contribution in [2.45, 2.75) is 53.1 Å². The van der Waals surface area contributed by atoms with E-state index >= 15 is 0 Å². The van der Waals surface area contributed by atoms with Gasteiger partial charge in [-0.3, -0.25) is 0 Å². The molecule has 0 saturated carbocycles. The van der Waals surface area contributed by atoms with Gasteiger partial charge in [-0.05, 0) is 45.2 Å². The quantitative estimate of drug-likeness (QED) is 0.718. The van der Waals surface area contributed by atoms with E-state index < -0.39 is 0 Å². The molecule has 5 heteroatoms. The molecule has 2 heterocycles. The Morgan fingerprint density at radius 3 is 2.54 bits per heavy atom. The number of fused-ring (bicyclic) bond motifs is 1. The third kappa shape index (κ3) is 3.75. The first-order valence-electron chi connectivity index (χ1n) is 9.86. The molecule has 28 heavy (non-hydrogen) atoms. The van der Waals surface area contributed by atoms with Gasteiger partial charge in [-0.15, -0.1) is 0 Å². The van der Waals surface area contributed by atoms with Crippen LogP contribution in [0.4, 0.5) is 5.69 Å². The fourth-order valence-electron chi connectivity index (χ4n) is 3.60. The molecule has 1 unspecified atom stereocenters. The molecule has 3 rings (SSSR count). The average Bonchev–Trinajstić information content (AvgIpc) is 2.69. The molecule has 0 spiro atoms. The predicted octanol–water partition coefficient (Wildman–Crippen LogP) is 4.96. The minimum Gasteiger partial charge on any atom is -0.475 e. The maximum Gasteiger partial charge on any atom is 0.336 e. The van der Waals surface area contributed by atoms with Crippen molar-refractivity contribution in [3.8, 4) is 5.88 Å². The smallest absolute Gasteiger partial charge is 0.336 e. The Balaban J connectivity index is 2.30. The molecule has 1 aliphatic rings. The number of hydrogen-bond donors (Lipinski definition) is 1. The zero-order valence-electron chi connectivity index (χ0n) is 17.2.